The van der Waals surface area contributed by atoms with Gasteiger partial charge in [0.05, 0.1) is 6.54 Å². The van der Waals surface area contributed by atoms with Crippen molar-refractivity contribution in [1.29, 1.82) is 0 Å². The number of carbonyl (C=O) groups is 1. The van der Waals surface area contributed by atoms with Gasteiger partial charge in [0.1, 0.15) is 11.6 Å². The molecule has 6 heteroatoms. The number of likely N-dealkylation sites (N-methyl/N-ethyl adjacent to an activating group) is 1. The van der Waals surface area contributed by atoms with Crippen molar-refractivity contribution in [2.75, 3.05) is 32.1 Å². The fraction of sp³-hybridized carbons (Fsp3) is 0.500. The van der Waals surface area contributed by atoms with E-state index in [0.717, 1.165) is 44.0 Å². The first-order chi connectivity index (χ1) is 9.51. The Balaban J connectivity index is 2.35. The third-order valence-electron chi connectivity index (χ3n) is 2.76. The predicted octanol–water partition coefficient (Wildman–Crippen LogP) is 2.00. The minimum atomic E-state index is -0.724. The van der Waals surface area contributed by atoms with Gasteiger partial charge in [-0.2, -0.15) is 0 Å². The van der Waals surface area contributed by atoms with E-state index in [-0.39, 0.29) is 24.7 Å². The van der Waals surface area contributed by atoms with Crippen molar-refractivity contribution < 1.29 is 18.7 Å². The highest BCUT2D eigenvalue weighted by atomic mass is 19.1. The van der Waals surface area contributed by atoms with Crippen molar-refractivity contribution in [3.8, 4) is 0 Å². The number of hydrogen-bond donors (Lipinski definition) is 2. The number of aliphatic hydroxyl groups is 1. The highest BCUT2D eigenvalue weighted by Crippen LogP contribution is 2.12. The van der Waals surface area contributed by atoms with Crippen LogP contribution in [0.5, 0.6) is 0 Å². The van der Waals surface area contributed by atoms with E-state index in [9.17, 15) is 13.6 Å². The molecule has 0 aliphatic heterocycles. The molecule has 1 rings (SSSR count). The first-order valence-corrected chi connectivity index (χ1v) is 6.56. The standard InChI is InChI=1S/C14H20F2N2O2/c1-18(5-3-2-4-6-19)10-14(20)17-13-8-11(15)7-12(16)9-13/h7-9,19H,2-6,10H2,1H3,(H,17,20). The highest BCUT2D eigenvalue weighted by Gasteiger charge is 2.08. The number of carbonyl (C=O) groups excluding carboxylic acids is 1. The van der Waals surface area contributed by atoms with E-state index >= 15 is 0 Å². The first kappa shape index (κ1) is 16.5. The summed E-state index contributed by atoms with van der Waals surface area (Å²) >= 11 is 0. The Morgan fingerprint density at radius 3 is 2.45 bits per heavy atom. The number of halogens is 2. The van der Waals surface area contributed by atoms with Crippen molar-refractivity contribution in [2.24, 2.45) is 0 Å². The van der Waals surface area contributed by atoms with Crippen LogP contribution in [0, 0.1) is 11.6 Å². The number of anilines is 1. The van der Waals surface area contributed by atoms with E-state index in [0.29, 0.717) is 0 Å². The Morgan fingerprint density at radius 2 is 1.85 bits per heavy atom. The molecule has 112 valence electrons. The van der Waals surface area contributed by atoms with Crippen LogP contribution in [0.15, 0.2) is 18.2 Å². The highest BCUT2D eigenvalue weighted by molar-refractivity contribution is 5.92. The molecule has 0 saturated carbocycles. The average Bonchev–Trinajstić information content (AvgIpc) is 2.33. The zero-order valence-electron chi connectivity index (χ0n) is 11.5. The van der Waals surface area contributed by atoms with Crippen LogP contribution >= 0.6 is 0 Å². The molecule has 0 bridgehead atoms. The Kier molecular flexibility index (Phi) is 7.11. The molecule has 1 aromatic carbocycles. The summed E-state index contributed by atoms with van der Waals surface area (Å²) in [5, 5.41) is 11.1. The fourth-order valence-corrected chi connectivity index (χ4v) is 1.82. The second-order valence-corrected chi connectivity index (χ2v) is 4.73. The van der Waals surface area contributed by atoms with Crippen LogP contribution < -0.4 is 5.32 Å². The molecule has 2 N–H and O–H groups in total. The number of nitrogens with zero attached hydrogens (tertiary/aromatic N) is 1. The van der Waals surface area contributed by atoms with Crippen molar-refractivity contribution in [3.05, 3.63) is 29.8 Å². The molecule has 0 atom stereocenters. The Hall–Kier alpha value is -1.53. The second-order valence-electron chi connectivity index (χ2n) is 4.73. The molecule has 0 aliphatic carbocycles. The summed E-state index contributed by atoms with van der Waals surface area (Å²) in [7, 11) is 1.80. The molecule has 0 aromatic heterocycles. The first-order valence-electron chi connectivity index (χ1n) is 6.56. The molecular formula is C14H20F2N2O2. The van der Waals surface area contributed by atoms with Crippen molar-refractivity contribution in [3.63, 3.8) is 0 Å². The summed E-state index contributed by atoms with van der Waals surface area (Å²) in [6.45, 7) is 1.05. The Morgan fingerprint density at radius 1 is 1.20 bits per heavy atom. The number of aliphatic hydroxyl groups excluding tert-OH is 1. The van der Waals surface area contributed by atoms with E-state index in [4.69, 9.17) is 5.11 Å². The van der Waals surface area contributed by atoms with E-state index in [1.165, 1.54) is 0 Å². The molecule has 1 amide bonds. The maximum Gasteiger partial charge on any atom is 0.238 e. The van der Waals surface area contributed by atoms with Crippen molar-refractivity contribution in [2.45, 2.75) is 19.3 Å². The van der Waals surface area contributed by atoms with Crippen LogP contribution in [0.2, 0.25) is 0 Å². The summed E-state index contributed by atoms with van der Waals surface area (Å²) in [6, 6.07) is 2.90. The lowest BCUT2D eigenvalue weighted by Crippen LogP contribution is -2.31. The van der Waals surface area contributed by atoms with Gasteiger partial charge in [0.2, 0.25) is 5.91 Å². The van der Waals surface area contributed by atoms with E-state index in [1.54, 1.807) is 7.05 Å². The smallest absolute Gasteiger partial charge is 0.238 e. The molecule has 1 aromatic rings. The molecule has 0 unspecified atom stereocenters. The number of unbranched alkanes of at least 4 members (excludes halogenated alkanes) is 2. The number of amides is 1. The van der Waals surface area contributed by atoms with Crippen molar-refractivity contribution in [1.82, 2.24) is 4.90 Å². The predicted molar refractivity (Wildman–Crippen MR) is 73.4 cm³/mol. The van der Waals surface area contributed by atoms with Crippen LogP contribution in [0.25, 0.3) is 0 Å². The van der Waals surface area contributed by atoms with Gasteiger partial charge in [-0.05, 0) is 45.0 Å². The molecule has 20 heavy (non-hydrogen) atoms. The van der Waals surface area contributed by atoms with Crippen LogP contribution in [0.3, 0.4) is 0 Å². The molecule has 0 saturated heterocycles. The van der Waals surface area contributed by atoms with Crippen LogP contribution in [-0.4, -0.2) is 42.7 Å². The largest absolute Gasteiger partial charge is 0.396 e. The second kappa shape index (κ2) is 8.60. The van der Waals surface area contributed by atoms with Gasteiger partial charge in [0, 0.05) is 18.4 Å². The minimum absolute atomic E-state index is 0.112. The molecule has 0 fully saturated rings. The Bertz CT molecular complexity index is 421. The third kappa shape index (κ3) is 6.58. The topological polar surface area (TPSA) is 52.6 Å². The summed E-state index contributed by atoms with van der Waals surface area (Å²) in [5.41, 5.74) is 0.112. The maximum absolute atomic E-state index is 13.0. The molecule has 0 spiro atoms. The van der Waals surface area contributed by atoms with E-state index in [1.807, 2.05) is 4.90 Å². The molecule has 0 radical (unpaired) electrons. The summed E-state index contributed by atoms with van der Waals surface area (Å²) < 4.78 is 25.9. The molecule has 0 heterocycles. The molecule has 4 nitrogen and oxygen atoms in total. The van der Waals surface area contributed by atoms with Crippen LogP contribution in [0.1, 0.15) is 19.3 Å². The Labute approximate surface area is 117 Å². The lowest BCUT2D eigenvalue weighted by molar-refractivity contribution is -0.117. The lowest BCUT2D eigenvalue weighted by Gasteiger charge is -2.16. The van der Waals surface area contributed by atoms with E-state index < -0.39 is 11.6 Å². The summed E-state index contributed by atoms with van der Waals surface area (Å²) in [5.74, 6) is -1.77. The van der Waals surface area contributed by atoms with Gasteiger partial charge >= 0.3 is 0 Å². The number of nitrogens with one attached hydrogen (secondary N) is 1. The van der Waals surface area contributed by atoms with Gasteiger partial charge in [0.25, 0.3) is 0 Å². The normalized spacial score (nSPS) is 10.8. The monoisotopic (exact) mass is 286 g/mol. The van der Waals surface area contributed by atoms with Crippen molar-refractivity contribution >= 4 is 11.6 Å². The number of hydrogen-bond acceptors (Lipinski definition) is 3. The molecule has 0 aliphatic rings. The van der Waals surface area contributed by atoms with Gasteiger partial charge < -0.3 is 10.4 Å². The quantitative estimate of drug-likeness (QED) is 0.719. The maximum atomic E-state index is 13.0. The van der Waals surface area contributed by atoms with Gasteiger partial charge in [-0.15, -0.1) is 0 Å². The summed E-state index contributed by atoms with van der Waals surface area (Å²) in [6.07, 6.45) is 2.54. The zero-order chi connectivity index (χ0) is 15.0. The van der Waals surface area contributed by atoms with Gasteiger partial charge in [-0.25, -0.2) is 8.78 Å². The zero-order valence-corrected chi connectivity index (χ0v) is 11.5. The number of benzene rings is 1. The minimum Gasteiger partial charge on any atom is -0.396 e. The number of rotatable bonds is 8. The summed E-state index contributed by atoms with van der Waals surface area (Å²) in [4.78, 5) is 13.5. The fourth-order valence-electron chi connectivity index (χ4n) is 1.82. The van der Waals surface area contributed by atoms with Gasteiger partial charge in [0.15, 0.2) is 0 Å². The van der Waals surface area contributed by atoms with Gasteiger partial charge in [-0.3, -0.25) is 9.69 Å². The SMILES string of the molecule is CN(CCCCCO)CC(=O)Nc1cc(F)cc(F)c1. The lowest BCUT2D eigenvalue weighted by atomic mass is 10.2. The molecular weight excluding hydrogens is 266 g/mol. The third-order valence-corrected chi connectivity index (χ3v) is 2.76. The van der Waals surface area contributed by atoms with Crippen LogP contribution in [0.4, 0.5) is 14.5 Å². The average molecular weight is 286 g/mol. The van der Waals surface area contributed by atoms with E-state index in [2.05, 4.69) is 5.32 Å². The van der Waals surface area contributed by atoms with Gasteiger partial charge in [-0.1, -0.05) is 0 Å². The van der Waals surface area contributed by atoms with Crippen LogP contribution in [-0.2, 0) is 4.79 Å².